The first-order valence-corrected chi connectivity index (χ1v) is 7.32. The molecule has 0 radical (unpaired) electrons. The van der Waals surface area contributed by atoms with Gasteiger partial charge in [0.15, 0.2) is 0 Å². The number of carbonyl (C=O) groups excluding carboxylic acids is 1. The van der Waals surface area contributed by atoms with E-state index in [9.17, 15) is 14.3 Å². The fourth-order valence-electron chi connectivity index (χ4n) is 1.73. The topological polar surface area (TPSA) is 61.4 Å². The highest BCUT2D eigenvalue weighted by Gasteiger charge is 2.31. The number of benzene rings is 1. The van der Waals surface area contributed by atoms with Crippen molar-refractivity contribution in [3.05, 3.63) is 29.0 Å². The lowest BCUT2D eigenvalue weighted by atomic mass is 10.0. The Labute approximate surface area is 119 Å². The molecule has 1 heterocycles. The Morgan fingerprint density at radius 1 is 1.58 bits per heavy atom. The van der Waals surface area contributed by atoms with Crippen molar-refractivity contribution in [1.29, 1.82) is 0 Å². The Bertz CT molecular complexity index is 481. The third kappa shape index (κ3) is 3.99. The number of hydrogen-bond donors (Lipinski definition) is 3. The van der Waals surface area contributed by atoms with Gasteiger partial charge >= 0.3 is 6.03 Å². The Morgan fingerprint density at radius 2 is 2.37 bits per heavy atom. The normalized spacial score (nSPS) is 22.3. The molecule has 1 aromatic rings. The van der Waals surface area contributed by atoms with Gasteiger partial charge in [0.2, 0.25) is 0 Å². The average Bonchev–Trinajstić information content (AvgIpc) is 2.79. The van der Waals surface area contributed by atoms with Gasteiger partial charge in [-0.3, -0.25) is 0 Å². The van der Waals surface area contributed by atoms with Crippen LogP contribution in [0.3, 0.4) is 0 Å². The molecular weight excluding hydrogens is 291 g/mol. The predicted molar refractivity (Wildman–Crippen MR) is 75.3 cm³/mol. The van der Waals surface area contributed by atoms with E-state index in [2.05, 4.69) is 10.6 Å². The third-order valence-corrected chi connectivity index (χ3v) is 4.36. The number of anilines is 1. The Hall–Kier alpha value is -0.980. The number of hydrogen-bond acceptors (Lipinski definition) is 3. The largest absolute Gasteiger partial charge is 0.387 e. The van der Waals surface area contributed by atoms with Crippen LogP contribution in [0.25, 0.3) is 0 Å². The van der Waals surface area contributed by atoms with E-state index in [1.807, 2.05) is 0 Å². The Morgan fingerprint density at radius 3 is 3.00 bits per heavy atom. The summed E-state index contributed by atoms with van der Waals surface area (Å²) in [5.41, 5.74) is -0.431. The first-order chi connectivity index (χ1) is 8.98. The van der Waals surface area contributed by atoms with E-state index in [0.29, 0.717) is 17.9 Å². The summed E-state index contributed by atoms with van der Waals surface area (Å²) in [6.07, 6.45) is 0.667. The number of amides is 2. The maximum Gasteiger partial charge on any atom is 0.319 e. The smallest absolute Gasteiger partial charge is 0.319 e. The zero-order valence-corrected chi connectivity index (χ0v) is 11.7. The van der Waals surface area contributed by atoms with E-state index in [0.717, 1.165) is 5.75 Å². The van der Waals surface area contributed by atoms with Crippen LogP contribution in [-0.2, 0) is 0 Å². The van der Waals surface area contributed by atoms with E-state index >= 15 is 0 Å². The van der Waals surface area contributed by atoms with Crippen LogP contribution in [0.15, 0.2) is 18.2 Å². The summed E-state index contributed by atoms with van der Waals surface area (Å²) < 4.78 is 12.9. The van der Waals surface area contributed by atoms with Gasteiger partial charge in [0.05, 0.1) is 10.6 Å². The maximum absolute atomic E-state index is 12.9. The molecule has 0 aromatic heterocycles. The first-order valence-electron chi connectivity index (χ1n) is 5.79. The first kappa shape index (κ1) is 14.4. The van der Waals surface area contributed by atoms with E-state index in [-0.39, 0.29) is 11.6 Å². The molecule has 1 saturated heterocycles. The second-order valence-electron chi connectivity index (χ2n) is 4.46. The standard InChI is InChI=1S/C12H14ClFN2O2S/c13-9-5-8(1-2-10(9)14)16-11(17)15-6-12(18)3-4-19-7-12/h1-2,5,18H,3-4,6-7H2,(H2,15,16,17). The maximum atomic E-state index is 12.9. The quantitative estimate of drug-likeness (QED) is 0.804. The molecule has 1 fully saturated rings. The molecule has 1 aliphatic rings. The molecule has 1 aliphatic heterocycles. The molecular formula is C12H14ClFN2O2S. The highest BCUT2D eigenvalue weighted by Crippen LogP contribution is 2.27. The highest BCUT2D eigenvalue weighted by atomic mass is 35.5. The molecule has 0 spiro atoms. The average molecular weight is 305 g/mol. The van der Waals surface area contributed by atoms with Crippen molar-refractivity contribution in [2.24, 2.45) is 0 Å². The SMILES string of the molecule is O=C(NCC1(O)CCSC1)Nc1ccc(F)c(Cl)c1. The number of aliphatic hydroxyl groups is 1. The minimum Gasteiger partial charge on any atom is -0.387 e. The summed E-state index contributed by atoms with van der Waals surface area (Å²) in [5.74, 6) is 0.980. The fourth-order valence-corrected chi connectivity index (χ4v) is 3.21. The summed E-state index contributed by atoms with van der Waals surface area (Å²) in [5, 5.41) is 15.1. The third-order valence-electron chi connectivity index (χ3n) is 2.84. The van der Waals surface area contributed by atoms with E-state index in [1.165, 1.54) is 18.2 Å². The van der Waals surface area contributed by atoms with Crippen LogP contribution in [0.4, 0.5) is 14.9 Å². The van der Waals surface area contributed by atoms with Crippen LogP contribution in [0.5, 0.6) is 0 Å². The monoisotopic (exact) mass is 304 g/mol. The lowest BCUT2D eigenvalue weighted by Gasteiger charge is -2.21. The van der Waals surface area contributed by atoms with Crippen LogP contribution < -0.4 is 10.6 Å². The summed E-state index contributed by atoms with van der Waals surface area (Å²) in [6.45, 7) is 0.195. The van der Waals surface area contributed by atoms with Crippen molar-refractivity contribution in [2.75, 3.05) is 23.4 Å². The second-order valence-corrected chi connectivity index (χ2v) is 5.98. The number of rotatable bonds is 3. The molecule has 1 unspecified atom stereocenters. The molecule has 0 aliphatic carbocycles. The lowest BCUT2D eigenvalue weighted by Crippen LogP contribution is -2.44. The molecule has 0 saturated carbocycles. The summed E-state index contributed by atoms with van der Waals surface area (Å²) >= 11 is 7.27. The minimum atomic E-state index is -0.831. The molecule has 7 heteroatoms. The summed E-state index contributed by atoms with van der Waals surface area (Å²) in [4.78, 5) is 11.6. The van der Waals surface area contributed by atoms with E-state index < -0.39 is 17.4 Å². The summed E-state index contributed by atoms with van der Waals surface area (Å²) in [6, 6.07) is 3.48. The molecule has 2 amide bonds. The molecule has 1 atom stereocenters. The van der Waals surface area contributed by atoms with Gasteiger partial charge in [-0.1, -0.05) is 11.6 Å². The van der Waals surface area contributed by atoms with Crippen molar-refractivity contribution < 1.29 is 14.3 Å². The van der Waals surface area contributed by atoms with Crippen molar-refractivity contribution in [2.45, 2.75) is 12.0 Å². The van der Waals surface area contributed by atoms with Crippen LogP contribution >= 0.6 is 23.4 Å². The van der Waals surface area contributed by atoms with Gasteiger partial charge in [-0.05, 0) is 30.4 Å². The zero-order chi connectivity index (χ0) is 13.9. The number of thioether (sulfide) groups is 1. The van der Waals surface area contributed by atoms with Crippen molar-refractivity contribution in [3.8, 4) is 0 Å². The van der Waals surface area contributed by atoms with Crippen molar-refractivity contribution >= 4 is 35.1 Å². The minimum absolute atomic E-state index is 0.0522. The van der Waals surface area contributed by atoms with Crippen molar-refractivity contribution in [3.63, 3.8) is 0 Å². The Balaban J connectivity index is 1.85. The Kier molecular flexibility index (Phi) is 4.54. The van der Waals surface area contributed by atoms with Gasteiger partial charge in [-0.2, -0.15) is 11.8 Å². The molecule has 104 valence electrons. The molecule has 1 aromatic carbocycles. The molecule has 19 heavy (non-hydrogen) atoms. The van der Waals surface area contributed by atoms with E-state index in [1.54, 1.807) is 11.8 Å². The molecule has 3 N–H and O–H groups in total. The van der Waals surface area contributed by atoms with Gasteiger partial charge in [-0.25, -0.2) is 9.18 Å². The predicted octanol–water partition coefficient (Wildman–Crippen LogP) is 2.47. The van der Waals surface area contributed by atoms with Gasteiger partial charge in [0, 0.05) is 18.0 Å². The number of carbonyl (C=O) groups is 1. The van der Waals surface area contributed by atoms with Gasteiger partial charge in [0.25, 0.3) is 0 Å². The van der Waals surface area contributed by atoms with Gasteiger partial charge < -0.3 is 15.7 Å². The lowest BCUT2D eigenvalue weighted by molar-refractivity contribution is 0.0706. The fraction of sp³-hybridized carbons (Fsp3) is 0.417. The molecule has 4 nitrogen and oxygen atoms in total. The van der Waals surface area contributed by atoms with Crippen LogP contribution in [0.1, 0.15) is 6.42 Å². The number of halogens is 2. The zero-order valence-electron chi connectivity index (χ0n) is 10.1. The second kappa shape index (κ2) is 5.98. The number of urea groups is 1. The van der Waals surface area contributed by atoms with Gasteiger partial charge in [0.1, 0.15) is 5.82 Å². The van der Waals surface area contributed by atoms with Gasteiger partial charge in [-0.15, -0.1) is 0 Å². The molecule has 0 bridgehead atoms. The van der Waals surface area contributed by atoms with Crippen molar-refractivity contribution in [1.82, 2.24) is 5.32 Å². The van der Waals surface area contributed by atoms with Crippen LogP contribution in [0.2, 0.25) is 5.02 Å². The van der Waals surface area contributed by atoms with Crippen LogP contribution in [-0.4, -0.2) is 34.8 Å². The summed E-state index contributed by atoms with van der Waals surface area (Å²) in [7, 11) is 0. The highest BCUT2D eigenvalue weighted by molar-refractivity contribution is 7.99. The van der Waals surface area contributed by atoms with Crippen LogP contribution in [0, 0.1) is 5.82 Å². The van der Waals surface area contributed by atoms with E-state index in [4.69, 9.17) is 11.6 Å². The molecule has 2 rings (SSSR count). The number of nitrogens with one attached hydrogen (secondary N) is 2.